The van der Waals surface area contributed by atoms with Crippen LogP contribution in [-0.4, -0.2) is 25.4 Å². The Bertz CT molecular complexity index is 388. The highest BCUT2D eigenvalue weighted by Gasteiger charge is 2.16. The zero-order valence-electron chi connectivity index (χ0n) is 12.6. The highest BCUT2D eigenvalue weighted by atomic mass is 16.5. The van der Waals surface area contributed by atoms with Gasteiger partial charge in [0.25, 0.3) is 0 Å². The van der Waals surface area contributed by atoms with E-state index in [0.29, 0.717) is 0 Å². The third-order valence-electron chi connectivity index (χ3n) is 3.37. The number of ether oxygens (including phenoxy) is 1. The maximum absolute atomic E-state index is 8.89. The number of hydrogen-bond acceptors (Lipinski definition) is 3. The van der Waals surface area contributed by atoms with Crippen LogP contribution in [0.1, 0.15) is 37.8 Å². The summed E-state index contributed by atoms with van der Waals surface area (Å²) in [7, 11) is 1.71. The normalized spacial score (nSPS) is 11.6. The molecule has 0 spiro atoms. The minimum absolute atomic E-state index is 0.208. The summed E-state index contributed by atoms with van der Waals surface area (Å²) in [6, 6.07) is 6.24. The second kappa shape index (κ2) is 7.51. The van der Waals surface area contributed by atoms with E-state index in [9.17, 15) is 0 Å². The van der Waals surface area contributed by atoms with E-state index in [4.69, 9.17) is 9.84 Å². The fourth-order valence-electron chi connectivity index (χ4n) is 2.23. The van der Waals surface area contributed by atoms with Crippen LogP contribution in [0, 0.1) is 12.3 Å². The van der Waals surface area contributed by atoms with Crippen molar-refractivity contribution in [1.82, 2.24) is 5.32 Å². The molecule has 0 radical (unpaired) electrons. The highest BCUT2D eigenvalue weighted by molar-refractivity contribution is 5.36. The molecule has 0 saturated carbocycles. The SMILES string of the molecule is COc1ccc(C)cc1CNCC(C)(C)CCCO. The average molecular weight is 265 g/mol. The van der Waals surface area contributed by atoms with Crippen LogP contribution >= 0.6 is 0 Å². The number of aliphatic hydroxyl groups is 1. The summed E-state index contributed by atoms with van der Waals surface area (Å²) in [5.41, 5.74) is 2.65. The maximum Gasteiger partial charge on any atom is 0.123 e. The lowest BCUT2D eigenvalue weighted by Gasteiger charge is -2.25. The van der Waals surface area contributed by atoms with Gasteiger partial charge in [-0.3, -0.25) is 0 Å². The molecule has 1 aromatic carbocycles. The molecule has 3 nitrogen and oxygen atoms in total. The van der Waals surface area contributed by atoms with E-state index in [1.807, 2.05) is 6.07 Å². The molecular weight excluding hydrogens is 238 g/mol. The summed E-state index contributed by atoms with van der Waals surface area (Å²) in [6.45, 7) is 8.56. The van der Waals surface area contributed by atoms with Gasteiger partial charge >= 0.3 is 0 Å². The second-order valence-electron chi connectivity index (χ2n) is 5.91. The molecule has 0 atom stereocenters. The molecule has 0 bridgehead atoms. The first-order chi connectivity index (χ1) is 8.98. The predicted octanol–water partition coefficient (Wildman–Crippen LogP) is 2.89. The Morgan fingerprint density at radius 2 is 2.05 bits per heavy atom. The number of benzene rings is 1. The van der Waals surface area contributed by atoms with Crippen LogP contribution in [0.15, 0.2) is 18.2 Å². The van der Waals surface area contributed by atoms with E-state index in [0.717, 1.165) is 31.7 Å². The molecule has 0 unspecified atom stereocenters. The number of rotatable bonds is 8. The van der Waals surface area contributed by atoms with Crippen LogP contribution in [-0.2, 0) is 6.54 Å². The summed E-state index contributed by atoms with van der Waals surface area (Å²) in [5, 5.41) is 12.4. The Morgan fingerprint density at radius 1 is 1.32 bits per heavy atom. The largest absolute Gasteiger partial charge is 0.496 e. The van der Waals surface area contributed by atoms with Crippen molar-refractivity contribution in [3.05, 3.63) is 29.3 Å². The van der Waals surface area contributed by atoms with E-state index < -0.39 is 0 Å². The van der Waals surface area contributed by atoms with Gasteiger partial charge in [-0.25, -0.2) is 0 Å². The number of methoxy groups -OCH3 is 1. The van der Waals surface area contributed by atoms with Crippen LogP contribution in [0.5, 0.6) is 5.75 Å². The minimum Gasteiger partial charge on any atom is -0.496 e. The number of aliphatic hydroxyl groups excluding tert-OH is 1. The molecule has 108 valence electrons. The molecular formula is C16H27NO2. The van der Waals surface area contributed by atoms with Crippen molar-refractivity contribution >= 4 is 0 Å². The minimum atomic E-state index is 0.208. The maximum atomic E-state index is 8.89. The van der Waals surface area contributed by atoms with Crippen molar-refractivity contribution < 1.29 is 9.84 Å². The van der Waals surface area contributed by atoms with Gasteiger partial charge in [-0.2, -0.15) is 0 Å². The van der Waals surface area contributed by atoms with Gasteiger partial charge in [-0.05, 0) is 31.2 Å². The van der Waals surface area contributed by atoms with Crippen molar-refractivity contribution in [3.63, 3.8) is 0 Å². The highest BCUT2D eigenvalue weighted by Crippen LogP contribution is 2.22. The third kappa shape index (κ3) is 5.62. The molecule has 0 heterocycles. The van der Waals surface area contributed by atoms with E-state index in [-0.39, 0.29) is 12.0 Å². The van der Waals surface area contributed by atoms with Crippen LogP contribution in [0.2, 0.25) is 0 Å². The molecule has 1 rings (SSSR count). The smallest absolute Gasteiger partial charge is 0.123 e. The van der Waals surface area contributed by atoms with Gasteiger partial charge in [0.05, 0.1) is 7.11 Å². The van der Waals surface area contributed by atoms with Gasteiger partial charge in [-0.1, -0.05) is 31.5 Å². The van der Waals surface area contributed by atoms with Crippen molar-refractivity contribution in [1.29, 1.82) is 0 Å². The molecule has 0 aliphatic rings. The standard InChI is InChI=1S/C16H27NO2/c1-13-6-7-15(19-4)14(10-13)11-17-12-16(2,3)8-5-9-18/h6-7,10,17-18H,5,8-9,11-12H2,1-4H3. The van der Waals surface area contributed by atoms with Crippen molar-refractivity contribution in [2.75, 3.05) is 20.3 Å². The van der Waals surface area contributed by atoms with Crippen molar-refractivity contribution in [3.8, 4) is 5.75 Å². The average Bonchev–Trinajstić information content (AvgIpc) is 2.36. The Hall–Kier alpha value is -1.06. The first kappa shape index (κ1) is 16.0. The van der Waals surface area contributed by atoms with Gasteiger partial charge < -0.3 is 15.2 Å². The molecule has 0 fully saturated rings. The Labute approximate surface area is 117 Å². The fraction of sp³-hybridized carbons (Fsp3) is 0.625. The summed E-state index contributed by atoms with van der Waals surface area (Å²) in [4.78, 5) is 0. The Balaban J connectivity index is 2.50. The molecule has 19 heavy (non-hydrogen) atoms. The van der Waals surface area contributed by atoms with Crippen LogP contribution < -0.4 is 10.1 Å². The molecule has 3 heteroatoms. The van der Waals surface area contributed by atoms with Gasteiger partial charge in [0.15, 0.2) is 0 Å². The summed E-state index contributed by atoms with van der Waals surface area (Å²) >= 11 is 0. The molecule has 0 aromatic heterocycles. The Kier molecular flexibility index (Phi) is 6.32. The predicted molar refractivity (Wildman–Crippen MR) is 79.5 cm³/mol. The number of nitrogens with one attached hydrogen (secondary N) is 1. The number of aryl methyl sites for hydroxylation is 1. The van der Waals surface area contributed by atoms with E-state index >= 15 is 0 Å². The monoisotopic (exact) mass is 265 g/mol. The van der Waals surface area contributed by atoms with Crippen molar-refractivity contribution in [2.45, 2.75) is 40.2 Å². The van der Waals surface area contributed by atoms with E-state index in [1.165, 1.54) is 11.1 Å². The van der Waals surface area contributed by atoms with Gasteiger partial charge in [0.2, 0.25) is 0 Å². The van der Waals surface area contributed by atoms with Crippen LogP contribution in [0.4, 0.5) is 0 Å². The molecule has 0 saturated heterocycles. The molecule has 0 aliphatic heterocycles. The first-order valence-electron chi connectivity index (χ1n) is 6.93. The third-order valence-corrected chi connectivity index (χ3v) is 3.37. The quantitative estimate of drug-likeness (QED) is 0.759. The molecule has 1 aromatic rings. The molecule has 0 aliphatic carbocycles. The first-order valence-corrected chi connectivity index (χ1v) is 6.93. The zero-order chi connectivity index (χ0) is 14.3. The lowest BCUT2D eigenvalue weighted by atomic mass is 9.88. The Morgan fingerprint density at radius 3 is 2.68 bits per heavy atom. The topological polar surface area (TPSA) is 41.5 Å². The second-order valence-corrected chi connectivity index (χ2v) is 5.91. The molecule has 0 amide bonds. The van der Waals surface area contributed by atoms with E-state index in [2.05, 4.69) is 38.2 Å². The lowest BCUT2D eigenvalue weighted by molar-refractivity contribution is 0.236. The van der Waals surface area contributed by atoms with Gasteiger partial charge in [0.1, 0.15) is 5.75 Å². The van der Waals surface area contributed by atoms with E-state index in [1.54, 1.807) is 7.11 Å². The van der Waals surface area contributed by atoms with Gasteiger partial charge in [-0.15, -0.1) is 0 Å². The zero-order valence-corrected chi connectivity index (χ0v) is 12.6. The van der Waals surface area contributed by atoms with Crippen molar-refractivity contribution in [2.24, 2.45) is 5.41 Å². The number of hydrogen-bond donors (Lipinski definition) is 2. The molecule has 2 N–H and O–H groups in total. The van der Waals surface area contributed by atoms with Crippen LogP contribution in [0.3, 0.4) is 0 Å². The van der Waals surface area contributed by atoms with Crippen LogP contribution in [0.25, 0.3) is 0 Å². The summed E-state index contributed by atoms with van der Waals surface area (Å²) in [6.07, 6.45) is 1.89. The summed E-state index contributed by atoms with van der Waals surface area (Å²) < 4.78 is 5.37. The van der Waals surface area contributed by atoms with Gasteiger partial charge in [0, 0.05) is 25.3 Å². The fourth-order valence-corrected chi connectivity index (χ4v) is 2.23. The lowest BCUT2D eigenvalue weighted by Crippen LogP contribution is -2.29. The summed E-state index contributed by atoms with van der Waals surface area (Å²) in [5.74, 6) is 0.936.